The van der Waals surface area contributed by atoms with Crippen LogP contribution < -0.4 is 5.73 Å². The highest BCUT2D eigenvalue weighted by atomic mass is 16.6. The summed E-state index contributed by atoms with van der Waals surface area (Å²) >= 11 is 0. The Morgan fingerprint density at radius 2 is 1.12 bits per heavy atom. The molecule has 2 rings (SSSR count). The molecule has 0 saturated carbocycles. The minimum absolute atomic E-state index is 0.0661. The highest BCUT2D eigenvalue weighted by Crippen LogP contribution is 2.12. The molecule has 0 bridgehead atoms. The monoisotopic (exact) mass is 357 g/mol. The number of benzene rings is 2. The van der Waals surface area contributed by atoms with Crippen LogP contribution in [0.3, 0.4) is 0 Å². The number of amides is 1. The number of hydrogen-bond donors (Lipinski definition) is 2. The molecule has 8 nitrogen and oxygen atoms in total. The fourth-order valence-corrected chi connectivity index (χ4v) is 2.03. The van der Waals surface area contributed by atoms with E-state index in [2.05, 4.69) is 0 Å². The first-order chi connectivity index (χ1) is 12.4. The third kappa shape index (κ3) is 4.67. The van der Waals surface area contributed by atoms with Gasteiger partial charge in [-0.1, -0.05) is 36.4 Å². The summed E-state index contributed by atoms with van der Waals surface area (Å²) in [4.78, 5) is 47.2. The molecule has 8 heteroatoms. The highest BCUT2D eigenvalue weighted by Gasteiger charge is 2.39. The fourth-order valence-electron chi connectivity index (χ4n) is 2.03. The number of ether oxygens (including phenoxy) is 2. The summed E-state index contributed by atoms with van der Waals surface area (Å²) in [6, 6.07) is 15.1. The molecule has 134 valence electrons. The van der Waals surface area contributed by atoms with Crippen LogP contribution in [0.4, 0.5) is 0 Å². The van der Waals surface area contributed by atoms with Crippen LogP contribution in [-0.4, -0.2) is 41.1 Å². The lowest BCUT2D eigenvalue weighted by Crippen LogP contribution is -2.48. The van der Waals surface area contributed by atoms with E-state index in [9.17, 15) is 24.3 Å². The molecule has 3 N–H and O–H groups in total. The lowest BCUT2D eigenvalue weighted by atomic mass is 10.1. The van der Waals surface area contributed by atoms with Gasteiger partial charge in [0.15, 0.2) is 0 Å². The Morgan fingerprint density at radius 3 is 1.46 bits per heavy atom. The molecule has 0 heterocycles. The van der Waals surface area contributed by atoms with E-state index in [1.54, 1.807) is 36.4 Å². The van der Waals surface area contributed by atoms with Crippen LogP contribution in [0, 0.1) is 0 Å². The second-order valence-electron chi connectivity index (χ2n) is 5.12. The second kappa shape index (κ2) is 8.43. The van der Waals surface area contributed by atoms with E-state index in [-0.39, 0.29) is 11.1 Å². The predicted molar refractivity (Wildman–Crippen MR) is 88.1 cm³/mol. The van der Waals surface area contributed by atoms with Crippen LogP contribution in [0.2, 0.25) is 0 Å². The van der Waals surface area contributed by atoms with Crippen LogP contribution in [-0.2, 0) is 19.1 Å². The molecule has 2 aromatic rings. The lowest BCUT2D eigenvalue weighted by Gasteiger charge is -2.21. The number of carbonyl (C=O) groups excluding carboxylic acids is 3. The fraction of sp³-hybridized carbons (Fsp3) is 0.111. The Balaban J connectivity index is 2.20. The molecule has 0 aliphatic carbocycles. The van der Waals surface area contributed by atoms with Crippen molar-refractivity contribution in [1.82, 2.24) is 0 Å². The molecule has 0 saturated heterocycles. The first-order valence-corrected chi connectivity index (χ1v) is 7.44. The van der Waals surface area contributed by atoms with Crippen molar-refractivity contribution in [1.29, 1.82) is 0 Å². The number of primary amides is 1. The van der Waals surface area contributed by atoms with E-state index in [0.717, 1.165) is 0 Å². The molecule has 0 aliphatic heterocycles. The van der Waals surface area contributed by atoms with Gasteiger partial charge in [0.25, 0.3) is 5.91 Å². The minimum Gasteiger partial charge on any atom is -0.478 e. The third-order valence-corrected chi connectivity index (χ3v) is 3.29. The largest absolute Gasteiger partial charge is 0.478 e. The molecular formula is C18H15NO7. The zero-order valence-electron chi connectivity index (χ0n) is 13.4. The van der Waals surface area contributed by atoms with Gasteiger partial charge < -0.3 is 20.3 Å². The lowest BCUT2D eigenvalue weighted by molar-refractivity contribution is -0.158. The topological polar surface area (TPSA) is 133 Å². The van der Waals surface area contributed by atoms with E-state index in [0.29, 0.717) is 0 Å². The number of nitrogens with two attached hydrogens (primary N) is 1. The maximum Gasteiger partial charge on any atom is 0.349 e. The molecule has 0 aliphatic rings. The van der Waals surface area contributed by atoms with Gasteiger partial charge in [-0.25, -0.2) is 14.4 Å². The van der Waals surface area contributed by atoms with Crippen molar-refractivity contribution in [3.05, 3.63) is 71.8 Å². The summed E-state index contributed by atoms with van der Waals surface area (Å²) < 4.78 is 9.73. The molecule has 0 fully saturated rings. The number of carbonyl (C=O) groups is 4. The van der Waals surface area contributed by atoms with E-state index < -0.39 is 36.0 Å². The number of rotatable bonds is 7. The molecule has 0 radical (unpaired) electrons. The maximum atomic E-state index is 12.1. The SMILES string of the molecule is NC(=O)[C@@H](OC(=O)c1ccccc1)[C@@H](OC(=O)c1ccccc1)C(=O)O. The number of aliphatic carboxylic acids is 1. The van der Waals surface area contributed by atoms with Crippen molar-refractivity contribution in [3.63, 3.8) is 0 Å². The quantitative estimate of drug-likeness (QED) is 0.706. The van der Waals surface area contributed by atoms with E-state index in [1.165, 1.54) is 24.3 Å². The maximum absolute atomic E-state index is 12.1. The molecule has 0 aromatic heterocycles. The van der Waals surface area contributed by atoms with Crippen molar-refractivity contribution in [2.45, 2.75) is 12.2 Å². The van der Waals surface area contributed by atoms with Gasteiger partial charge in [-0.05, 0) is 24.3 Å². The molecule has 2 atom stereocenters. The van der Waals surface area contributed by atoms with Crippen molar-refractivity contribution in [3.8, 4) is 0 Å². The Hall–Kier alpha value is -3.68. The summed E-state index contributed by atoms with van der Waals surface area (Å²) in [6.07, 6.45) is -4.08. The van der Waals surface area contributed by atoms with Gasteiger partial charge >= 0.3 is 17.9 Å². The molecule has 26 heavy (non-hydrogen) atoms. The van der Waals surface area contributed by atoms with Gasteiger partial charge in [0.1, 0.15) is 0 Å². The molecule has 0 spiro atoms. The van der Waals surface area contributed by atoms with Gasteiger partial charge in [0.05, 0.1) is 11.1 Å². The highest BCUT2D eigenvalue weighted by molar-refractivity contribution is 5.96. The predicted octanol–water partition coefficient (Wildman–Crippen LogP) is 1.01. The van der Waals surface area contributed by atoms with E-state index >= 15 is 0 Å². The second-order valence-corrected chi connectivity index (χ2v) is 5.12. The first kappa shape index (κ1) is 18.7. The number of hydrogen-bond acceptors (Lipinski definition) is 6. The van der Waals surface area contributed by atoms with Crippen molar-refractivity contribution >= 4 is 23.8 Å². The summed E-state index contributed by atoms with van der Waals surface area (Å²) in [7, 11) is 0. The van der Waals surface area contributed by atoms with Gasteiger partial charge in [-0.15, -0.1) is 0 Å². The Labute approximate surface area is 148 Å². The zero-order valence-corrected chi connectivity index (χ0v) is 13.4. The summed E-state index contributed by atoms with van der Waals surface area (Å²) in [5.41, 5.74) is 5.29. The molecule has 2 aromatic carbocycles. The van der Waals surface area contributed by atoms with Gasteiger partial charge in [0, 0.05) is 0 Å². The van der Waals surface area contributed by atoms with Crippen LogP contribution >= 0.6 is 0 Å². The number of carboxylic acid groups (broad SMARTS) is 1. The van der Waals surface area contributed by atoms with Gasteiger partial charge in [-0.3, -0.25) is 4.79 Å². The van der Waals surface area contributed by atoms with E-state index in [1.807, 2.05) is 0 Å². The van der Waals surface area contributed by atoms with Gasteiger partial charge in [-0.2, -0.15) is 0 Å². The van der Waals surface area contributed by atoms with Crippen molar-refractivity contribution in [2.24, 2.45) is 5.73 Å². The van der Waals surface area contributed by atoms with Gasteiger partial charge in [0.2, 0.25) is 12.2 Å². The summed E-state index contributed by atoms with van der Waals surface area (Å²) in [5, 5.41) is 9.30. The molecule has 1 amide bonds. The van der Waals surface area contributed by atoms with Crippen molar-refractivity contribution < 1.29 is 33.8 Å². The zero-order chi connectivity index (χ0) is 19.1. The average Bonchev–Trinajstić information content (AvgIpc) is 2.65. The Bertz CT molecular complexity index is 735. The van der Waals surface area contributed by atoms with Crippen LogP contribution in [0.15, 0.2) is 60.7 Å². The smallest absolute Gasteiger partial charge is 0.349 e. The Kier molecular flexibility index (Phi) is 6.05. The van der Waals surface area contributed by atoms with Crippen LogP contribution in [0.25, 0.3) is 0 Å². The molecule has 0 unspecified atom stereocenters. The molecular weight excluding hydrogens is 342 g/mol. The first-order valence-electron chi connectivity index (χ1n) is 7.44. The third-order valence-electron chi connectivity index (χ3n) is 3.29. The average molecular weight is 357 g/mol. The Morgan fingerprint density at radius 1 is 0.731 bits per heavy atom. The summed E-state index contributed by atoms with van der Waals surface area (Å²) in [5.74, 6) is -4.92. The minimum atomic E-state index is -2.09. The van der Waals surface area contributed by atoms with Crippen molar-refractivity contribution in [2.75, 3.05) is 0 Å². The van der Waals surface area contributed by atoms with Crippen LogP contribution in [0.1, 0.15) is 20.7 Å². The normalized spacial score (nSPS) is 12.5. The number of carboxylic acids is 1. The van der Waals surface area contributed by atoms with Crippen LogP contribution in [0.5, 0.6) is 0 Å². The number of esters is 2. The van der Waals surface area contributed by atoms with E-state index in [4.69, 9.17) is 15.2 Å². The summed E-state index contributed by atoms with van der Waals surface area (Å²) in [6.45, 7) is 0. The standard InChI is InChI=1S/C18H15NO7/c19-15(20)13(25-17(23)11-7-3-1-4-8-11)14(16(21)22)26-18(24)12-9-5-2-6-10-12/h1-10,13-14H,(H2,19,20)(H,21,22)/t13-,14+/m0/s1.